The van der Waals surface area contributed by atoms with Gasteiger partial charge >= 0.3 is 6.09 Å². The van der Waals surface area contributed by atoms with Gasteiger partial charge in [0.05, 0.1) is 12.6 Å². The predicted molar refractivity (Wildman–Crippen MR) is 71.2 cm³/mol. The molecule has 0 aliphatic carbocycles. The average Bonchev–Trinajstić information content (AvgIpc) is 2.70. The van der Waals surface area contributed by atoms with E-state index in [9.17, 15) is 9.59 Å². The number of carbonyl (C=O) groups excluding carboxylic acids is 2. The molecule has 20 heavy (non-hydrogen) atoms. The van der Waals surface area contributed by atoms with Crippen LogP contribution < -0.4 is 0 Å². The van der Waals surface area contributed by atoms with Crippen LogP contribution in [0, 0.1) is 0 Å². The van der Waals surface area contributed by atoms with Gasteiger partial charge in [-0.3, -0.25) is 4.90 Å². The summed E-state index contributed by atoms with van der Waals surface area (Å²) in [7, 11) is 0. The zero-order chi connectivity index (χ0) is 15.1. The number of aldehydes is 1. The lowest BCUT2D eigenvalue weighted by molar-refractivity contribution is -0.161. The first-order valence-electron chi connectivity index (χ1n) is 6.92. The van der Waals surface area contributed by atoms with Crippen LogP contribution in [0.2, 0.25) is 0 Å². The molecule has 6 heteroatoms. The van der Waals surface area contributed by atoms with Gasteiger partial charge in [-0.15, -0.1) is 0 Å². The zero-order valence-corrected chi connectivity index (χ0v) is 12.7. The Morgan fingerprint density at radius 1 is 1.40 bits per heavy atom. The number of ether oxygens (including phenoxy) is 3. The summed E-state index contributed by atoms with van der Waals surface area (Å²) >= 11 is 0. The molecule has 3 atom stereocenters. The molecule has 6 nitrogen and oxygen atoms in total. The third-order valence-electron chi connectivity index (χ3n) is 3.34. The quantitative estimate of drug-likeness (QED) is 0.723. The largest absolute Gasteiger partial charge is 0.444 e. The molecule has 2 aliphatic heterocycles. The van der Waals surface area contributed by atoms with Crippen LogP contribution in [0.5, 0.6) is 0 Å². The molecular formula is C14H23NO5. The maximum absolute atomic E-state index is 12.2. The van der Waals surface area contributed by atoms with Crippen molar-refractivity contribution in [1.82, 2.24) is 4.90 Å². The Kier molecular flexibility index (Phi) is 3.81. The molecule has 2 fully saturated rings. The summed E-state index contributed by atoms with van der Waals surface area (Å²) < 4.78 is 17.0. The lowest BCUT2D eigenvalue weighted by Gasteiger charge is -2.30. The Labute approximate surface area is 119 Å². The molecule has 2 heterocycles. The van der Waals surface area contributed by atoms with E-state index in [0.29, 0.717) is 6.54 Å². The Balaban J connectivity index is 2.11. The minimum atomic E-state index is -0.670. The second kappa shape index (κ2) is 5.00. The second-order valence-electron chi connectivity index (χ2n) is 6.74. The fourth-order valence-electron chi connectivity index (χ4n) is 2.73. The zero-order valence-electron chi connectivity index (χ0n) is 12.7. The standard InChI is InChI=1S/C14H23NO5/c1-13(2,3)20-12(17)15-8-10-11(9(15)6-7-16)19-14(4,5)18-10/h7,9-11H,6,8H2,1-5H3/t9-,10+,11-/m1/s1. The molecule has 0 aromatic rings. The summed E-state index contributed by atoms with van der Waals surface area (Å²) in [5.41, 5.74) is -0.568. The number of fused-ring (bicyclic) bond motifs is 1. The van der Waals surface area contributed by atoms with E-state index < -0.39 is 17.5 Å². The number of rotatable bonds is 2. The molecule has 114 valence electrons. The highest BCUT2D eigenvalue weighted by molar-refractivity contribution is 5.70. The van der Waals surface area contributed by atoms with E-state index >= 15 is 0 Å². The lowest BCUT2D eigenvalue weighted by Crippen LogP contribution is -2.44. The van der Waals surface area contributed by atoms with Gasteiger partial charge in [-0.25, -0.2) is 4.79 Å². The van der Waals surface area contributed by atoms with Crippen LogP contribution in [0.3, 0.4) is 0 Å². The van der Waals surface area contributed by atoms with Crippen molar-refractivity contribution >= 4 is 12.4 Å². The molecule has 2 aliphatic rings. The van der Waals surface area contributed by atoms with E-state index in [-0.39, 0.29) is 24.7 Å². The van der Waals surface area contributed by atoms with Gasteiger partial charge in [0, 0.05) is 6.42 Å². The van der Waals surface area contributed by atoms with Gasteiger partial charge in [0.2, 0.25) is 0 Å². The van der Waals surface area contributed by atoms with Crippen LogP contribution in [-0.4, -0.2) is 53.5 Å². The van der Waals surface area contributed by atoms with E-state index in [1.165, 1.54) is 0 Å². The molecule has 0 unspecified atom stereocenters. The van der Waals surface area contributed by atoms with Crippen LogP contribution in [0.4, 0.5) is 4.79 Å². The third kappa shape index (κ3) is 3.12. The fourth-order valence-corrected chi connectivity index (χ4v) is 2.73. The molecular weight excluding hydrogens is 262 g/mol. The van der Waals surface area contributed by atoms with Crippen molar-refractivity contribution in [3.8, 4) is 0 Å². The highest BCUT2D eigenvalue weighted by atomic mass is 16.8. The van der Waals surface area contributed by atoms with Crippen molar-refractivity contribution in [2.75, 3.05) is 6.54 Å². The van der Waals surface area contributed by atoms with Crippen molar-refractivity contribution in [1.29, 1.82) is 0 Å². The molecule has 2 rings (SSSR count). The Morgan fingerprint density at radius 2 is 2.05 bits per heavy atom. The van der Waals surface area contributed by atoms with Crippen molar-refractivity contribution < 1.29 is 23.8 Å². The molecule has 1 amide bonds. The average molecular weight is 285 g/mol. The maximum Gasteiger partial charge on any atom is 0.410 e. The summed E-state index contributed by atoms with van der Waals surface area (Å²) in [5, 5.41) is 0. The molecule has 0 N–H and O–H groups in total. The van der Waals surface area contributed by atoms with E-state index in [4.69, 9.17) is 14.2 Å². The summed E-state index contributed by atoms with van der Waals surface area (Å²) in [5.74, 6) is -0.670. The van der Waals surface area contributed by atoms with Crippen LogP contribution in [0.1, 0.15) is 41.0 Å². The molecule has 2 saturated heterocycles. The number of amides is 1. The topological polar surface area (TPSA) is 65.1 Å². The highest BCUT2D eigenvalue weighted by Crippen LogP contribution is 2.38. The molecule has 0 bridgehead atoms. The minimum Gasteiger partial charge on any atom is -0.444 e. The minimum absolute atomic E-state index is 0.206. The van der Waals surface area contributed by atoms with E-state index in [1.54, 1.807) is 4.90 Å². The first-order valence-corrected chi connectivity index (χ1v) is 6.92. The van der Waals surface area contributed by atoms with Crippen LogP contribution in [0.25, 0.3) is 0 Å². The smallest absolute Gasteiger partial charge is 0.410 e. The predicted octanol–water partition coefficient (Wildman–Crippen LogP) is 1.71. The van der Waals surface area contributed by atoms with Gasteiger partial charge in [-0.1, -0.05) is 0 Å². The molecule has 0 saturated carbocycles. The lowest BCUT2D eigenvalue weighted by atomic mass is 10.1. The van der Waals surface area contributed by atoms with E-state index in [0.717, 1.165) is 6.29 Å². The van der Waals surface area contributed by atoms with Gasteiger partial charge in [0.15, 0.2) is 5.79 Å². The van der Waals surface area contributed by atoms with E-state index in [2.05, 4.69) is 0 Å². The van der Waals surface area contributed by atoms with Gasteiger partial charge in [-0.05, 0) is 34.6 Å². The maximum atomic E-state index is 12.2. The van der Waals surface area contributed by atoms with Gasteiger partial charge in [-0.2, -0.15) is 0 Å². The molecule has 0 aromatic carbocycles. The van der Waals surface area contributed by atoms with Crippen LogP contribution in [0.15, 0.2) is 0 Å². The summed E-state index contributed by atoms with van der Waals surface area (Å²) in [6.07, 6.45) is 0.118. The summed E-state index contributed by atoms with van der Waals surface area (Å²) in [4.78, 5) is 24.7. The second-order valence-corrected chi connectivity index (χ2v) is 6.74. The third-order valence-corrected chi connectivity index (χ3v) is 3.34. The highest BCUT2D eigenvalue weighted by Gasteiger charge is 2.54. The van der Waals surface area contributed by atoms with E-state index in [1.807, 2.05) is 34.6 Å². The molecule has 0 spiro atoms. The van der Waals surface area contributed by atoms with Gasteiger partial charge in [0.25, 0.3) is 0 Å². The SMILES string of the molecule is CC(C)(C)OC(=O)N1C[C@@H]2OC(C)(C)O[C@@H]2[C@H]1CC=O. The number of carbonyl (C=O) groups is 2. The Hall–Kier alpha value is -1.14. The summed E-state index contributed by atoms with van der Waals surface area (Å²) in [6, 6.07) is -0.325. The first-order chi connectivity index (χ1) is 9.13. The fraction of sp³-hybridized carbons (Fsp3) is 0.857. The van der Waals surface area contributed by atoms with Crippen LogP contribution in [-0.2, 0) is 19.0 Å². The number of likely N-dealkylation sites (tertiary alicyclic amines) is 1. The Bertz CT molecular complexity index is 401. The van der Waals surface area contributed by atoms with Crippen molar-refractivity contribution in [2.24, 2.45) is 0 Å². The van der Waals surface area contributed by atoms with Gasteiger partial charge in [0.1, 0.15) is 24.1 Å². The van der Waals surface area contributed by atoms with Gasteiger partial charge < -0.3 is 19.0 Å². The normalized spacial score (nSPS) is 32.0. The Morgan fingerprint density at radius 3 is 2.60 bits per heavy atom. The monoisotopic (exact) mass is 285 g/mol. The number of hydrogen-bond acceptors (Lipinski definition) is 5. The number of nitrogens with zero attached hydrogens (tertiary/aromatic N) is 1. The van der Waals surface area contributed by atoms with Crippen molar-refractivity contribution in [2.45, 2.75) is 70.7 Å². The van der Waals surface area contributed by atoms with Crippen molar-refractivity contribution in [3.05, 3.63) is 0 Å². The number of hydrogen-bond donors (Lipinski definition) is 0. The first kappa shape index (κ1) is 15.3. The summed E-state index contributed by atoms with van der Waals surface area (Å²) in [6.45, 7) is 9.50. The molecule has 0 radical (unpaired) electrons. The molecule has 0 aromatic heterocycles. The van der Waals surface area contributed by atoms with Crippen molar-refractivity contribution in [3.63, 3.8) is 0 Å². The van der Waals surface area contributed by atoms with Crippen LogP contribution >= 0.6 is 0 Å².